The molecule has 0 radical (unpaired) electrons. The number of non-ortho nitro benzene ring substituents is 1. The van der Waals surface area contributed by atoms with Gasteiger partial charge in [0, 0.05) is 12.6 Å². The quantitative estimate of drug-likeness (QED) is 0.659. The summed E-state index contributed by atoms with van der Waals surface area (Å²) in [6.45, 7) is 7.20. The van der Waals surface area contributed by atoms with E-state index < -0.39 is 4.92 Å². The van der Waals surface area contributed by atoms with E-state index in [4.69, 9.17) is 0 Å². The molecule has 0 saturated heterocycles. The average Bonchev–Trinajstić information content (AvgIpc) is 2.83. The number of anilines is 1. The number of hydrogen-bond acceptors (Lipinski definition) is 6. The Kier molecular flexibility index (Phi) is 3.64. The maximum absolute atomic E-state index is 10.9. The van der Waals surface area contributed by atoms with Gasteiger partial charge in [0.1, 0.15) is 0 Å². The molecule has 102 valence electrons. The van der Waals surface area contributed by atoms with Crippen molar-refractivity contribution in [2.45, 2.75) is 20.8 Å². The molecule has 0 fully saturated rings. The van der Waals surface area contributed by atoms with Gasteiger partial charge in [0.25, 0.3) is 0 Å². The topological polar surface area (TPSA) is 94.1 Å². The van der Waals surface area contributed by atoms with Crippen molar-refractivity contribution in [3.8, 4) is 0 Å². The van der Waals surface area contributed by atoms with Crippen molar-refractivity contribution >= 4 is 22.4 Å². The van der Waals surface area contributed by atoms with Crippen LogP contribution in [0.25, 0.3) is 11.0 Å². The third-order valence-corrected chi connectivity index (χ3v) is 3.34. The van der Waals surface area contributed by atoms with Gasteiger partial charge in [-0.25, -0.2) is 4.63 Å². The third kappa shape index (κ3) is 2.64. The summed E-state index contributed by atoms with van der Waals surface area (Å²) in [5, 5.41) is 21.4. The number of nitro groups is 1. The lowest BCUT2D eigenvalue weighted by atomic mass is 9.98. The zero-order valence-electron chi connectivity index (χ0n) is 11.1. The van der Waals surface area contributed by atoms with Crippen LogP contribution >= 0.6 is 0 Å². The van der Waals surface area contributed by atoms with E-state index in [0.717, 1.165) is 6.54 Å². The van der Waals surface area contributed by atoms with Crippen LogP contribution in [0.2, 0.25) is 0 Å². The molecule has 1 aromatic carbocycles. The van der Waals surface area contributed by atoms with Gasteiger partial charge in [-0.2, -0.15) is 0 Å². The molecular formula is C12H16N4O3. The number of benzene rings is 1. The summed E-state index contributed by atoms with van der Waals surface area (Å²) in [6.07, 6.45) is 0. The Balaban J connectivity index is 2.28. The van der Waals surface area contributed by atoms with Crippen LogP contribution < -0.4 is 5.32 Å². The van der Waals surface area contributed by atoms with Gasteiger partial charge in [-0.1, -0.05) is 20.8 Å². The molecule has 7 nitrogen and oxygen atoms in total. The number of nitrogens with one attached hydrogen (secondary N) is 1. The molecule has 0 saturated carbocycles. The maximum Gasteiger partial charge on any atom is 0.300 e. The van der Waals surface area contributed by atoms with Crippen molar-refractivity contribution in [1.29, 1.82) is 0 Å². The van der Waals surface area contributed by atoms with Gasteiger partial charge >= 0.3 is 5.69 Å². The van der Waals surface area contributed by atoms with Gasteiger partial charge in [0.05, 0.1) is 10.6 Å². The van der Waals surface area contributed by atoms with Gasteiger partial charge in [-0.05, 0) is 28.2 Å². The van der Waals surface area contributed by atoms with Gasteiger partial charge in [0.2, 0.25) is 5.52 Å². The summed E-state index contributed by atoms with van der Waals surface area (Å²) < 4.78 is 4.61. The largest absolute Gasteiger partial charge is 0.383 e. The minimum absolute atomic E-state index is 0.0984. The predicted octanol–water partition coefficient (Wildman–Crippen LogP) is 2.84. The summed E-state index contributed by atoms with van der Waals surface area (Å²) in [7, 11) is 0. The van der Waals surface area contributed by atoms with Crippen LogP contribution in [0.3, 0.4) is 0 Å². The van der Waals surface area contributed by atoms with Crippen molar-refractivity contribution in [3.05, 3.63) is 22.2 Å². The number of aromatic nitrogens is 2. The first-order valence-corrected chi connectivity index (χ1v) is 6.14. The summed E-state index contributed by atoms with van der Waals surface area (Å²) in [5.74, 6) is 1.03. The van der Waals surface area contributed by atoms with E-state index in [1.165, 1.54) is 6.07 Å². The molecule has 2 rings (SSSR count). The fourth-order valence-electron chi connectivity index (χ4n) is 1.65. The van der Waals surface area contributed by atoms with Crippen LogP contribution in [0.15, 0.2) is 16.8 Å². The molecule has 0 aliphatic heterocycles. The molecule has 0 aliphatic rings. The standard InChI is InChI=1S/C12H16N4O3/c1-7(2)8(3)6-13-9-4-5-10(16(17)18)12-11(9)14-19-15-12/h4-5,7-8,13H,6H2,1-3H3. The number of rotatable bonds is 5. The summed E-state index contributed by atoms with van der Waals surface area (Å²) in [6, 6.07) is 3.05. The molecule has 1 aromatic heterocycles. The van der Waals surface area contributed by atoms with Gasteiger partial charge in [-0.3, -0.25) is 10.1 Å². The molecular weight excluding hydrogens is 248 g/mol. The van der Waals surface area contributed by atoms with Crippen LogP contribution in [0, 0.1) is 22.0 Å². The summed E-state index contributed by atoms with van der Waals surface area (Å²) in [4.78, 5) is 10.4. The molecule has 0 amide bonds. The third-order valence-electron chi connectivity index (χ3n) is 3.34. The Bertz CT molecular complexity index is 594. The molecule has 0 bridgehead atoms. The molecule has 1 N–H and O–H groups in total. The monoisotopic (exact) mass is 264 g/mol. The molecule has 1 unspecified atom stereocenters. The normalized spacial score (nSPS) is 12.8. The van der Waals surface area contributed by atoms with Crippen LogP contribution in [-0.2, 0) is 0 Å². The molecule has 7 heteroatoms. The fraction of sp³-hybridized carbons (Fsp3) is 0.500. The summed E-state index contributed by atoms with van der Waals surface area (Å²) >= 11 is 0. The highest BCUT2D eigenvalue weighted by Gasteiger charge is 2.19. The lowest BCUT2D eigenvalue weighted by Crippen LogP contribution is -2.16. The van der Waals surface area contributed by atoms with Gasteiger partial charge in [0.15, 0.2) is 5.52 Å². The number of nitrogens with zero attached hydrogens (tertiary/aromatic N) is 3. The number of nitro benzene ring substituents is 1. The lowest BCUT2D eigenvalue weighted by Gasteiger charge is -2.16. The van der Waals surface area contributed by atoms with Gasteiger partial charge in [-0.15, -0.1) is 0 Å². The van der Waals surface area contributed by atoms with Crippen molar-refractivity contribution in [3.63, 3.8) is 0 Å². The Morgan fingerprint density at radius 2 is 2.00 bits per heavy atom. The molecule has 2 aromatic rings. The van der Waals surface area contributed by atoms with Crippen molar-refractivity contribution in [1.82, 2.24) is 10.3 Å². The Hall–Kier alpha value is -2.18. The second-order valence-corrected chi connectivity index (χ2v) is 4.95. The Labute approximate surface area is 110 Å². The first-order chi connectivity index (χ1) is 9.00. The lowest BCUT2D eigenvalue weighted by molar-refractivity contribution is -0.383. The first kappa shape index (κ1) is 13.3. The van der Waals surface area contributed by atoms with E-state index in [9.17, 15) is 10.1 Å². The van der Waals surface area contributed by atoms with Crippen molar-refractivity contribution in [2.75, 3.05) is 11.9 Å². The van der Waals surface area contributed by atoms with E-state index >= 15 is 0 Å². The van der Waals surface area contributed by atoms with Crippen LogP contribution in [0.4, 0.5) is 11.4 Å². The second-order valence-electron chi connectivity index (χ2n) is 4.95. The Morgan fingerprint density at radius 1 is 1.32 bits per heavy atom. The highest BCUT2D eigenvalue weighted by atomic mass is 16.6. The van der Waals surface area contributed by atoms with Crippen LogP contribution in [-0.4, -0.2) is 21.8 Å². The van der Waals surface area contributed by atoms with E-state index in [-0.39, 0.29) is 11.2 Å². The number of fused-ring (bicyclic) bond motifs is 1. The van der Waals surface area contributed by atoms with E-state index in [1.54, 1.807) is 6.07 Å². The highest BCUT2D eigenvalue weighted by molar-refractivity contribution is 5.93. The molecule has 1 atom stereocenters. The highest BCUT2D eigenvalue weighted by Crippen LogP contribution is 2.28. The summed E-state index contributed by atoms with van der Waals surface area (Å²) in [5.41, 5.74) is 1.17. The minimum Gasteiger partial charge on any atom is -0.383 e. The minimum atomic E-state index is -0.493. The average molecular weight is 264 g/mol. The smallest absolute Gasteiger partial charge is 0.300 e. The van der Waals surface area contributed by atoms with Crippen molar-refractivity contribution in [2.24, 2.45) is 11.8 Å². The second kappa shape index (κ2) is 5.21. The van der Waals surface area contributed by atoms with E-state index in [0.29, 0.717) is 23.0 Å². The predicted molar refractivity (Wildman–Crippen MR) is 71.0 cm³/mol. The zero-order chi connectivity index (χ0) is 14.0. The van der Waals surface area contributed by atoms with Crippen LogP contribution in [0.1, 0.15) is 20.8 Å². The fourth-order valence-corrected chi connectivity index (χ4v) is 1.65. The SMILES string of the molecule is CC(C)C(C)CNc1ccc([N+](=O)[O-])c2nonc12. The molecule has 0 spiro atoms. The molecule has 1 heterocycles. The maximum atomic E-state index is 10.9. The number of hydrogen-bond donors (Lipinski definition) is 1. The Morgan fingerprint density at radius 3 is 2.63 bits per heavy atom. The molecule has 0 aliphatic carbocycles. The van der Waals surface area contributed by atoms with E-state index in [2.05, 4.69) is 41.0 Å². The molecule has 19 heavy (non-hydrogen) atoms. The van der Waals surface area contributed by atoms with E-state index in [1.807, 2.05) is 0 Å². The van der Waals surface area contributed by atoms with Gasteiger partial charge < -0.3 is 5.32 Å². The van der Waals surface area contributed by atoms with Crippen LogP contribution in [0.5, 0.6) is 0 Å². The first-order valence-electron chi connectivity index (χ1n) is 6.14. The van der Waals surface area contributed by atoms with Crippen molar-refractivity contribution < 1.29 is 9.55 Å². The zero-order valence-corrected chi connectivity index (χ0v) is 11.1.